The van der Waals surface area contributed by atoms with Gasteiger partial charge >= 0.3 is 0 Å². The van der Waals surface area contributed by atoms with Gasteiger partial charge in [0.2, 0.25) is 0 Å². The molecular formula is C12H14FNO2. The first kappa shape index (κ1) is 10.1. The molecule has 2 N–H and O–H groups in total. The Bertz CT molecular complexity index is 415. The van der Waals surface area contributed by atoms with E-state index >= 15 is 0 Å². The summed E-state index contributed by atoms with van der Waals surface area (Å²) in [6.07, 6.45) is 0.875. The molecule has 16 heavy (non-hydrogen) atoms. The molecule has 2 aliphatic rings. The van der Waals surface area contributed by atoms with E-state index < -0.39 is 11.7 Å². The number of piperidine rings is 1. The van der Waals surface area contributed by atoms with Crippen molar-refractivity contribution in [2.75, 3.05) is 13.1 Å². The lowest BCUT2D eigenvalue weighted by Gasteiger charge is -2.35. The number of nitrogens with one attached hydrogen (secondary N) is 1. The highest BCUT2D eigenvalue weighted by atomic mass is 19.1. The lowest BCUT2D eigenvalue weighted by atomic mass is 9.85. The summed E-state index contributed by atoms with van der Waals surface area (Å²) in [6.45, 7) is 1.65. The molecule has 0 radical (unpaired) electrons. The number of hydrogen-bond donors (Lipinski definition) is 2. The largest absolute Gasteiger partial charge is 0.484 e. The van der Waals surface area contributed by atoms with Crippen molar-refractivity contribution in [3.63, 3.8) is 0 Å². The van der Waals surface area contributed by atoms with Gasteiger partial charge in [-0.15, -0.1) is 0 Å². The molecule has 0 saturated carbocycles. The molecule has 0 aliphatic carbocycles. The molecule has 1 spiro atoms. The van der Waals surface area contributed by atoms with Crippen LogP contribution in [-0.2, 0) is 0 Å². The van der Waals surface area contributed by atoms with Crippen LogP contribution in [0.2, 0.25) is 0 Å². The molecule has 1 aromatic carbocycles. The molecule has 1 unspecified atom stereocenters. The summed E-state index contributed by atoms with van der Waals surface area (Å²) in [5.41, 5.74) is 0.171. The van der Waals surface area contributed by atoms with Gasteiger partial charge < -0.3 is 15.2 Å². The zero-order valence-corrected chi connectivity index (χ0v) is 8.87. The summed E-state index contributed by atoms with van der Waals surface area (Å²) in [6, 6.07) is 4.34. The number of fused-ring (bicyclic) bond motifs is 1. The monoisotopic (exact) mass is 223 g/mol. The smallest absolute Gasteiger partial charge is 0.141 e. The Labute approximate surface area is 93.2 Å². The van der Waals surface area contributed by atoms with E-state index in [1.807, 2.05) is 0 Å². The molecule has 3 rings (SSSR count). The first-order chi connectivity index (χ1) is 7.71. The highest BCUT2D eigenvalue weighted by molar-refractivity contribution is 5.42. The highest BCUT2D eigenvalue weighted by Gasteiger charge is 2.48. The molecule has 1 fully saturated rings. The van der Waals surface area contributed by atoms with Gasteiger partial charge in [0.1, 0.15) is 23.3 Å². The summed E-state index contributed by atoms with van der Waals surface area (Å²) in [7, 11) is 0. The minimum atomic E-state index is -0.634. The molecular weight excluding hydrogens is 209 g/mol. The van der Waals surface area contributed by atoms with Crippen LogP contribution >= 0.6 is 0 Å². The zero-order valence-electron chi connectivity index (χ0n) is 8.87. The fourth-order valence-electron chi connectivity index (χ4n) is 2.61. The van der Waals surface area contributed by atoms with Crippen molar-refractivity contribution in [2.24, 2.45) is 0 Å². The lowest BCUT2D eigenvalue weighted by molar-refractivity contribution is -0.0485. The second-order valence-electron chi connectivity index (χ2n) is 4.50. The number of rotatable bonds is 0. The molecule has 2 aliphatic heterocycles. The van der Waals surface area contributed by atoms with Crippen LogP contribution in [0.5, 0.6) is 5.75 Å². The Kier molecular flexibility index (Phi) is 2.16. The van der Waals surface area contributed by atoms with Crippen molar-refractivity contribution in [2.45, 2.75) is 24.5 Å². The standard InChI is InChI=1S/C12H14FNO2/c13-8-1-2-9-10(7-8)16-12(11(9)15)3-5-14-6-4-12/h1-2,7,11,14-15H,3-6H2. The van der Waals surface area contributed by atoms with Crippen molar-refractivity contribution < 1.29 is 14.2 Å². The van der Waals surface area contributed by atoms with Gasteiger partial charge in [-0.2, -0.15) is 0 Å². The average Bonchev–Trinajstić information content (AvgIpc) is 2.53. The predicted molar refractivity (Wildman–Crippen MR) is 56.8 cm³/mol. The minimum Gasteiger partial charge on any atom is -0.484 e. The molecule has 3 nitrogen and oxygen atoms in total. The first-order valence-electron chi connectivity index (χ1n) is 5.59. The van der Waals surface area contributed by atoms with Crippen LogP contribution < -0.4 is 10.1 Å². The van der Waals surface area contributed by atoms with E-state index in [-0.39, 0.29) is 5.82 Å². The molecule has 1 atom stereocenters. The first-order valence-corrected chi connectivity index (χ1v) is 5.59. The second kappa shape index (κ2) is 3.43. The molecule has 4 heteroatoms. The van der Waals surface area contributed by atoms with Crippen LogP contribution in [-0.4, -0.2) is 23.8 Å². The highest BCUT2D eigenvalue weighted by Crippen LogP contribution is 2.47. The number of hydrogen-bond acceptors (Lipinski definition) is 3. The van der Waals surface area contributed by atoms with Gasteiger partial charge in [-0.05, 0) is 25.2 Å². The number of aliphatic hydroxyl groups is 1. The number of aliphatic hydroxyl groups excluding tert-OH is 1. The van der Waals surface area contributed by atoms with Crippen LogP contribution in [0.4, 0.5) is 4.39 Å². The number of halogens is 1. The van der Waals surface area contributed by atoms with Crippen LogP contribution in [0.15, 0.2) is 18.2 Å². The molecule has 0 bridgehead atoms. The SMILES string of the molecule is OC1c2ccc(F)cc2OC12CCNCC2. The Morgan fingerprint density at radius 3 is 2.88 bits per heavy atom. The van der Waals surface area contributed by atoms with Crippen LogP contribution in [0.25, 0.3) is 0 Å². The summed E-state index contributed by atoms with van der Waals surface area (Å²) >= 11 is 0. The van der Waals surface area contributed by atoms with Gasteiger partial charge in [0.15, 0.2) is 0 Å². The molecule has 0 aromatic heterocycles. The van der Waals surface area contributed by atoms with Gasteiger partial charge in [-0.1, -0.05) is 0 Å². The summed E-state index contributed by atoms with van der Waals surface area (Å²) in [5.74, 6) is 0.173. The van der Waals surface area contributed by atoms with E-state index in [4.69, 9.17) is 4.74 Å². The van der Waals surface area contributed by atoms with Gasteiger partial charge in [-0.25, -0.2) is 4.39 Å². The van der Waals surface area contributed by atoms with Gasteiger partial charge in [0.25, 0.3) is 0 Å². The van der Waals surface area contributed by atoms with Crippen molar-refractivity contribution in [1.82, 2.24) is 5.32 Å². The fourth-order valence-corrected chi connectivity index (χ4v) is 2.61. The Morgan fingerprint density at radius 2 is 2.12 bits per heavy atom. The maximum absolute atomic E-state index is 13.1. The predicted octanol–water partition coefficient (Wildman–Crippen LogP) is 1.37. The minimum absolute atomic E-state index is 0.322. The van der Waals surface area contributed by atoms with Crippen LogP contribution in [0.1, 0.15) is 24.5 Å². The van der Waals surface area contributed by atoms with Crippen LogP contribution in [0, 0.1) is 5.82 Å². The van der Waals surface area contributed by atoms with E-state index in [2.05, 4.69) is 5.32 Å². The molecule has 0 amide bonds. The van der Waals surface area contributed by atoms with Crippen molar-refractivity contribution in [3.05, 3.63) is 29.6 Å². The second-order valence-corrected chi connectivity index (χ2v) is 4.50. The van der Waals surface area contributed by atoms with Crippen molar-refractivity contribution >= 4 is 0 Å². The van der Waals surface area contributed by atoms with Crippen LogP contribution in [0.3, 0.4) is 0 Å². The lowest BCUT2D eigenvalue weighted by Crippen LogP contribution is -2.47. The summed E-state index contributed by atoms with van der Waals surface area (Å²) in [5, 5.41) is 13.5. The Balaban J connectivity index is 1.98. The van der Waals surface area contributed by atoms with Crippen molar-refractivity contribution in [1.29, 1.82) is 0 Å². The topological polar surface area (TPSA) is 41.5 Å². The van der Waals surface area contributed by atoms with E-state index in [0.717, 1.165) is 25.9 Å². The van der Waals surface area contributed by atoms with E-state index in [1.54, 1.807) is 6.07 Å². The Morgan fingerprint density at radius 1 is 1.38 bits per heavy atom. The third-order valence-corrected chi connectivity index (χ3v) is 3.53. The maximum atomic E-state index is 13.1. The Hall–Kier alpha value is -1.13. The number of benzene rings is 1. The van der Waals surface area contributed by atoms with E-state index in [1.165, 1.54) is 12.1 Å². The molecule has 86 valence electrons. The molecule has 1 aromatic rings. The average molecular weight is 223 g/mol. The van der Waals surface area contributed by atoms with Crippen molar-refractivity contribution in [3.8, 4) is 5.75 Å². The normalized spacial score (nSPS) is 26.5. The summed E-state index contributed by atoms with van der Waals surface area (Å²) < 4.78 is 18.9. The third-order valence-electron chi connectivity index (χ3n) is 3.53. The van der Waals surface area contributed by atoms with Gasteiger partial charge in [-0.3, -0.25) is 0 Å². The van der Waals surface area contributed by atoms with Gasteiger partial charge in [0, 0.05) is 24.5 Å². The summed E-state index contributed by atoms with van der Waals surface area (Å²) in [4.78, 5) is 0. The van der Waals surface area contributed by atoms with Gasteiger partial charge in [0.05, 0.1) is 0 Å². The van der Waals surface area contributed by atoms with E-state index in [0.29, 0.717) is 11.3 Å². The molecule has 2 heterocycles. The third kappa shape index (κ3) is 1.33. The maximum Gasteiger partial charge on any atom is 0.141 e. The fraction of sp³-hybridized carbons (Fsp3) is 0.500. The van der Waals surface area contributed by atoms with E-state index in [9.17, 15) is 9.50 Å². The number of ether oxygens (including phenoxy) is 1. The molecule has 1 saturated heterocycles. The zero-order chi connectivity index (χ0) is 11.2. The quantitative estimate of drug-likeness (QED) is 0.698.